The maximum atomic E-state index is 12.5. The zero-order chi connectivity index (χ0) is 20.2. The molecule has 1 N–H and O–H groups in total. The van der Waals surface area contributed by atoms with E-state index < -0.39 is 0 Å². The summed E-state index contributed by atoms with van der Waals surface area (Å²) in [4.78, 5) is 30.1. The Morgan fingerprint density at radius 2 is 1.90 bits per heavy atom. The van der Waals surface area contributed by atoms with Gasteiger partial charge in [-0.05, 0) is 37.6 Å². The largest absolute Gasteiger partial charge is 0.338 e. The van der Waals surface area contributed by atoms with E-state index in [4.69, 9.17) is 0 Å². The molecule has 1 aliphatic rings. The summed E-state index contributed by atoms with van der Waals surface area (Å²) in [6.07, 6.45) is 4.58. The van der Waals surface area contributed by atoms with Crippen LogP contribution in [0.2, 0.25) is 0 Å². The smallest absolute Gasteiger partial charge is 0.238 e. The quantitative estimate of drug-likeness (QED) is 0.692. The molecular weight excluding hydrogens is 366 g/mol. The van der Waals surface area contributed by atoms with Crippen LogP contribution in [0.15, 0.2) is 36.7 Å². The van der Waals surface area contributed by atoms with E-state index in [9.17, 15) is 4.79 Å². The SMILES string of the molecule is CCCn1c(C)nc2cc(NC(=O)CN3CCN(c4ncccn4)CC3)ccc21. The predicted octanol–water partition coefficient (Wildman–Crippen LogP) is 2.31. The standard InChI is InChI=1S/C21H27N7O/c1-3-9-28-16(2)24-18-14-17(5-6-19(18)28)25-20(29)15-26-10-12-27(13-11-26)21-22-7-4-8-23-21/h4-8,14H,3,9-13,15H2,1-2H3,(H,25,29). The number of imidazole rings is 1. The van der Waals surface area contributed by atoms with Gasteiger partial charge in [-0.3, -0.25) is 9.69 Å². The second-order valence-electron chi connectivity index (χ2n) is 7.37. The molecule has 0 unspecified atom stereocenters. The number of hydrogen-bond acceptors (Lipinski definition) is 6. The van der Waals surface area contributed by atoms with Gasteiger partial charge in [-0.2, -0.15) is 0 Å². The first kappa shape index (κ1) is 19.3. The minimum atomic E-state index is -0.00141. The van der Waals surface area contributed by atoms with Crippen molar-refractivity contribution in [2.45, 2.75) is 26.8 Å². The van der Waals surface area contributed by atoms with Gasteiger partial charge in [-0.1, -0.05) is 6.92 Å². The number of nitrogens with one attached hydrogen (secondary N) is 1. The van der Waals surface area contributed by atoms with Gasteiger partial charge in [0.25, 0.3) is 0 Å². The van der Waals surface area contributed by atoms with Crippen LogP contribution in [0, 0.1) is 6.92 Å². The fourth-order valence-corrected chi connectivity index (χ4v) is 3.80. The summed E-state index contributed by atoms with van der Waals surface area (Å²) in [5.41, 5.74) is 2.83. The number of rotatable bonds is 6. The zero-order valence-electron chi connectivity index (χ0n) is 17.0. The van der Waals surface area contributed by atoms with E-state index in [1.54, 1.807) is 12.4 Å². The van der Waals surface area contributed by atoms with E-state index in [0.717, 1.165) is 67.6 Å². The van der Waals surface area contributed by atoms with Gasteiger partial charge in [-0.25, -0.2) is 15.0 Å². The van der Waals surface area contributed by atoms with Crippen LogP contribution in [0.4, 0.5) is 11.6 Å². The number of benzene rings is 1. The molecule has 1 aromatic carbocycles. The minimum absolute atomic E-state index is 0.00141. The summed E-state index contributed by atoms with van der Waals surface area (Å²) < 4.78 is 2.22. The molecule has 8 heteroatoms. The Morgan fingerprint density at radius 1 is 1.14 bits per heavy atom. The van der Waals surface area contributed by atoms with Crippen LogP contribution in [0.1, 0.15) is 19.2 Å². The molecule has 0 spiro atoms. The van der Waals surface area contributed by atoms with Gasteiger partial charge in [-0.15, -0.1) is 0 Å². The van der Waals surface area contributed by atoms with Gasteiger partial charge in [0.2, 0.25) is 11.9 Å². The fraction of sp³-hybridized carbons (Fsp3) is 0.429. The van der Waals surface area contributed by atoms with Crippen molar-refractivity contribution in [2.24, 2.45) is 0 Å². The third-order valence-corrected chi connectivity index (χ3v) is 5.24. The van der Waals surface area contributed by atoms with Crippen LogP contribution in [-0.4, -0.2) is 63.0 Å². The zero-order valence-corrected chi connectivity index (χ0v) is 17.0. The summed E-state index contributed by atoms with van der Waals surface area (Å²) in [6, 6.07) is 7.77. The Morgan fingerprint density at radius 3 is 2.62 bits per heavy atom. The molecule has 0 bridgehead atoms. The molecule has 8 nitrogen and oxygen atoms in total. The topological polar surface area (TPSA) is 79.2 Å². The molecule has 0 atom stereocenters. The Balaban J connectivity index is 1.33. The third-order valence-electron chi connectivity index (χ3n) is 5.24. The Bertz CT molecular complexity index is 977. The highest BCUT2D eigenvalue weighted by Gasteiger charge is 2.20. The molecule has 0 aliphatic carbocycles. The number of piperazine rings is 1. The van der Waals surface area contributed by atoms with Gasteiger partial charge in [0.05, 0.1) is 17.6 Å². The average molecular weight is 393 g/mol. The van der Waals surface area contributed by atoms with Crippen LogP contribution in [0.3, 0.4) is 0 Å². The van der Waals surface area contributed by atoms with Gasteiger partial charge >= 0.3 is 0 Å². The van der Waals surface area contributed by atoms with E-state index in [2.05, 4.69) is 41.6 Å². The molecule has 4 rings (SSSR count). The molecule has 1 saturated heterocycles. The maximum absolute atomic E-state index is 12.5. The lowest BCUT2D eigenvalue weighted by atomic mass is 10.2. The highest BCUT2D eigenvalue weighted by Crippen LogP contribution is 2.21. The molecule has 0 radical (unpaired) electrons. The van der Waals surface area contributed by atoms with E-state index >= 15 is 0 Å². The maximum Gasteiger partial charge on any atom is 0.238 e. The lowest BCUT2D eigenvalue weighted by molar-refractivity contribution is -0.117. The van der Waals surface area contributed by atoms with Crippen molar-refractivity contribution in [3.05, 3.63) is 42.5 Å². The average Bonchev–Trinajstić information content (AvgIpc) is 3.04. The Labute approximate surface area is 170 Å². The monoisotopic (exact) mass is 393 g/mol. The fourth-order valence-electron chi connectivity index (χ4n) is 3.80. The summed E-state index contributed by atoms with van der Waals surface area (Å²) in [5, 5.41) is 3.02. The highest BCUT2D eigenvalue weighted by atomic mass is 16.2. The van der Waals surface area contributed by atoms with Gasteiger partial charge in [0, 0.05) is 50.8 Å². The van der Waals surface area contributed by atoms with Gasteiger partial charge < -0.3 is 14.8 Å². The molecule has 1 amide bonds. The lowest BCUT2D eigenvalue weighted by Crippen LogP contribution is -2.49. The van der Waals surface area contributed by atoms with Crippen LogP contribution >= 0.6 is 0 Å². The van der Waals surface area contributed by atoms with Crippen molar-refractivity contribution in [1.82, 2.24) is 24.4 Å². The molecule has 29 heavy (non-hydrogen) atoms. The molecule has 152 valence electrons. The second-order valence-corrected chi connectivity index (χ2v) is 7.37. The van der Waals surface area contributed by atoms with Crippen LogP contribution in [0.25, 0.3) is 11.0 Å². The van der Waals surface area contributed by atoms with Gasteiger partial charge in [0.15, 0.2) is 0 Å². The number of hydrogen-bond donors (Lipinski definition) is 1. The Hall–Kier alpha value is -3.00. The third kappa shape index (κ3) is 4.37. The molecule has 3 heterocycles. The van der Waals surface area contributed by atoms with Crippen molar-refractivity contribution >= 4 is 28.6 Å². The summed E-state index contributed by atoms with van der Waals surface area (Å²) in [5.74, 6) is 1.76. The molecular formula is C21H27N7O. The number of carbonyl (C=O) groups excluding carboxylic acids is 1. The van der Waals surface area contributed by atoms with Crippen molar-refractivity contribution in [3.8, 4) is 0 Å². The number of nitrogens with zero attached hydrogens (tertiary/aromatic N) is 6. The summed E-state index contributed by atoms with van der Waals surface area (Å²) in [6.45, 7) is 8.77. The van der Waals surface area contributed by atoms with Crippen molar-refractivity contribution in [3.63, 3.8) is 0 Å². The Kier molecular flexibility index (Phi) is 5.71. The second kappa shape index (κ2) is 8.57. The van der Waals surface area contributed by atoms with Crippen molar-refractivity contribution in [1.29, 1.82) is 0 Å². The molecule has 3 aromatic rings. The molecule has 0 saturated carbocycles. The molecule has 1 aliphatic heterocycles. The number of anilines is 2. The summed E-state index contributed by atoms with van der Waals surface area (Å²) in [7, 11) is 0. The number of carbonyl (C=O) groups is 1. The first-order chi connectivity index (χ1) is 14.1. The van der Waals surface area contributed by atoms with Crippen LogP contribution < -0.4 is 10.2 Å². The number of fused-ring (bicyclic) bond motifs is 1. The van der Waals surface area contributed by atoms with E-state index in [0.29, 0.717) is 6.54 Å². The normalized spacial score (nSPS) is 15.0. The van der Waals surface area contributed by atoms with Crippen molar-refractivity contribution in [2.75, 3.05) is 42.9 Å². The molecule has 1 fully saturated rings. The van der Waals surface area contributed by atoms with E-state index in [1.165, 1.54) is 0 Å². The van der Waals surface area contributed by atoms with E-state index in [1.807, 2.05) is 31.2 Å². The van der Waals surface area contributed by atoms with E-state index in [-0.39, 0.29) is 5.91 Å². The first-order valence-electron chi connectivity index (χ1n) is 10.1. The van der Waals surface area contributed by atoms with Crippen LogP contribution in [0.5, 0.6) is 0 Å². The molecule has 2 aromatic heterocycles. The highest BCUT2D eigenvalue weighted by molar-refractivity contribution is 5.94. The lowest BCUT2D eigenvalue weighted by Gasteiger charge is -2.34. The number of amides is 1. The number of aryl methyl sites for hydroxylation is 2. The van der Waals surface area contributed by atoms with Gasteiger partial charge in [0.1, 0.15) is 5.82 Å². The first-order valence-corrected chi connectivity index (χ1v) is 10.1. The summed E-state index contributed by atoms with van der Waals surface area (Å²) >= 11 is 0. The predicted molar refractivity (Wildman–Crippen MR) is 114 cm³/mol. The van der Waals surface area contributed by atoms with Crippen molar-refractivity contribution < 1.29 is 4.79 Å². The number of aromatic nitrogens is 4. The minimum Gasteiger partial charge on any atom is -0.338 e. The van der Waals surface area contributed by atoms with Crippen LogP contribution in [-0.2, 0) is 11.3 Å².